The van der Waals surface area contributed by atoms with Crippen LogP contribution in [0.25, 0.3) is 5.69 Å². The molecule has 0 radical (unpaired) electrons. The summed E-state index contributed by atoms with van der Waals surface area (Å²) in [5.41, 5.74) is 2.43. The van der Waals surface area contributed by atoms with Gasteiger partial charge in [0, 0.05) is 24.7 Å². The van der Waals surface area contributed by atoms with Gasteiger partial charge < -0.3 is 10.6 Å². The van der Waals surface area contributed by atoms with Gasteiger partial charge in [-0.2, -0.15) is 0 Å². The standard InChI is InChI=1S/C20H19Cl2N5O2/c1-4-17-25-19(26-27(17)18-14(21)6-5-7-15(18)22)20(29)24-16-10-13(23-12(3)28)9-8-11(16)2/h5-10H,4H2,1-3H3,(H,23,28)(H,24,29). The molecular weight excluding hydrogens is 413 g/mol. The Morgan fingerprint density at radius 1 is 1.10 bits per heavy atom. The molecule has 0 saturated carbocycles. The molecule has 0 saturated heterocycles. The second kappa shape index (κ2) is 8.63. The summed E-state index contributed by atoms with van der Waals surface area (Å²) in [6, 6.07) is 10.4. The summed E-state index contributed by atoms with van der Waals surface area (Å²) in [7, 11) is 0. The van der Waals surface area contributed by atoms with E-state index in [1.54, 1.807) is 36.4 Å². The van der Waals surface area contributed by atoms with Crippen molar-refractivity contribution in [3.05, 3.63) is 63.7 Å². The van der Waals surface area contributed by atoms with Gasteiger partial charge in [-0.05, 0) is 36.8 Å². The minimum absolute atomic E-state index is 0.0119. The van der Waals surface area contributed by atoms with Crippen molar-refractivity contribution in [1.29, 1.82) is 0 Å². The molecule has 1 aromatic heterocycles. The number of aryl methyl sites for hydroxylation is 2. The Morgan fingerprint density at radius 3 is 2.41 bits per heavy atom. The lowest BCUT2D eigenvalue weighted by atomic mass is 10.1. The second-order valence-corrected chi connectivity index (χ2v) is 7.17. The minimum Gasteiger partial charge on any atom is -0.326 e. The van der Waals surface area contributed by atoms with E-state index in [0.717, 1.165) is 5.56 Å². The maximum absolute atomic E-state index is 12.8. The maximum Gasteiger partial charge on any atom is 0.295 e. The first-order valence-corrected chi connectivity index (χ1v) is 9.65. The number of amides is 2. The van der Waals surface area contributed by atoms with Crippen LogP contribution >= 0.6 is 23.2 Å². The summed E-state index contributed by atoms with van der Waals surface area (Å²) in [5.74, 6) is -0.142. The summed E-state index contributed by atoms with van der Waals surface area (Å²) in [5, 5.41) is 10.6. The lowest BCUT2D eigenvalue weighted by Crippen LogP contribution is -2.15. The Labute approximate surface area is 178 Å². The Kier molecular flexibility index (Phi) is 6.20. The number of anilines is 2. The number of para-hydroxylation sites is 1. The van der Waals surface area contributed by atoms with Crippen molar-refractivity contribution in [2.45, 2.75) is 27.2 Å². The van der Waals surface area contributed by atoms with Crippen LogP contribution in [0.15, 0.2) is 36.4 Å². The molecule has 0 spiro atoms. The molecule has 3 rings (SSSR count). The molecule has 0 atom stereocenters. The van der Waals surface area contributed by atoms with Gasteiger partial charge in [0.25, 0.3) is 5.91 Å². The predicted octanol–water partition coefficient (Wildman–Crippen LogP) is 4.66. The maximum atomic E-state index is 12.8. The van der Waals surface area contributed by atoms with E-state index < -0.39 is 5.91 Å². The van der Waals surface area contributed by atoms with Crippen molar-refractivity contribution in [3.8, 4) is 5.69 Å². The van der Waals surface area contributed by atoms with Crippen molar-refractivity contribution in [1.82, 2.24) is 14.8 Å². The molecule has 0 aliphatic heterocycles. The van der Waals surface area contributed by atoms with Crippen LogP contribution in [0.4, 0.5) is 11.4 Å². The van der Waals surface area contributed by atoms with E-state index in [-0.39, 0.29) is 11.7 Å². The molecule has 0 unspecified atom stereocenters. The van der Waals surface area contributed by atoms with E-state index >= 15 is 0 Å². The number of benzene rings is 2. The SMILES string of the molecule is CCc1nc(C(=O)Nc2cc(NC(C)=O)ccc2C)nn1-c1c(Cl)cccc1Cl. The van der Waals surface area contributed by atoms with Crippen molar-refractivity contribution in [2.24, 2.45) is 0 Å². The molecule has 2 aromatic carbocycles. The highest BCUT2D eigenvalue weighted by Crippen LogP contribution is 2.29. The van der Waals surface area contributed by atoms with Crippen LogP contribution in [0.1, 0.15) is 35.9 Å². The van der Waals surface area contributed by atoms with Crippen LogP contribution in [-0.2, 0) is 11.2 Å². The largest absolute Gasteiger partial charge is 0.326 e. The molecule has 0 aliphatic rings. The van der Waals surface area contributed by atoms with E-state index in [0.29, 0.717) is 39.4 Å². The minimum atomic E-state index is -0.482. The third-order valence-electron chi connectivity index (χ3n) is 4.15. The normalized spacial score (nSPS) is 10.7. The van der Waals surface area contributed by atoms with Crippen LogP contribution in [0, 0.1) is 6.92 Å². The molecule has 3 aromatic rings. The van der Waals surface area contributed by atoms with E-state index in [9.17, 15) is 9.59 Å². The van der Waals surface area contributed by atoms with Gasteiger partial charge in [-0.25, -0.2) is 9.67 Å². The highest BCUT2D eigenvalue weighted by Gasteiger charge is 2.20. The van der Waals surface area contributed by atoms with Gasteiger partial charge in [0.2, 0.25) is 11.7 Å². The average Bonchev–Trinajstić information content (AvgIpc) is 3.08. The smallest absolute Gasteiger partial charge is 0.295 e. The van der Waals surface area contributed by atoms with Gasteiger partial charge in [-0.3, -0.25) is 9.59 Å². The molecule has 0 bridgehead atoms. The zero-order chi connectivity index (χ0) is 21.1. The molecule has 0 aliphatic carbocycles. The van der Waals surface area contributed by atoms with Crippen molar-refractivity contribution >= 4 is 46.4 Å². The molecular formula is C20H19Cl2N5O2. The highest BCUT2D eigenvalue weighted by molar-refractivity contribution is 6.37. The quantitative estimate of drug-likeness (QED) is 0.614. The van der Waals surface area contributed by atoms with Crippen LogP contribution in [0.3, 0.4) is 0 Å². The Bertz CT molecular complexity index is 1070. The molecule has 0 fully saturated rings. The van der Waals surface area contributed by atoms with Crippen molar-refractivity contribution in [3.63, 3.8) is 0 Å². The van der Waals surface area contributed by atoms with Gasteiger partial charge in [0.05, 0.1) is 10.0 Å². The summed E-state index contributed by atoms with van der Waals surface area (Å²) < 4.78 is 1.49. The molecule has 29 heavy (non-hydrogen) atoms. The van der Waals surface area contributed by atoms with Gasteiger partial charge in [0.15, 0.2) is 0 Å². The topological polar surface area (TPSA) is 88.9 Å². The summed E-state index contributed by atoms with van der Waals surface area (Å²) in [6.45, 7) is 5.16. The van der Waals surface area contributed by atoms with Crippen molar-refractivity contribution < 1.29 is 9.59 Å². The summed E-state index contributed by atoms with van der Waals surface area (Å²) >= 11 is 12.6. The zero-order valence-corrected chi connectivity index (χ0v) is 17.6. The van der Waals surface area contributed by atoms with Gasteiger partial charge in [-0.15, -0.1) is 5.10 Å². The number of hydrogen-bond acceptors (Lipinski definition) is 4. The first kappa shape index (κ1) is 20.8. The number of hydrogen-bond donors (Lipinski definition) is 2. The zero-order valence-electron chi connectivity index (χ0n) is 16.1. The van der Waals surface area contributed by atoms with E-state index in [4.69, 9.17) is 23.2 Å². The third-order valence-corrected chi connectivity index (χ3v) is 4.76. The average molecular weight is 432 g/mol. The third kappa shape index (κ3) is 4.58. The fourth-order valence-corrected chi connectivity index (χ4v) is 3.31. The van der Waals surface area contributed by atoms with Crippen molar-refractivity contribution in [2.75, 3.05) is 10.6 Å². The Morgan fingerprint density at radius 2 is 1.79 bits per heavy atom. The lowest BCUT2D eigenvalue weighted by Gasteiger charge is -2.10. The number of carbonyl (C=O) groups is 2. The fourth-order valence-electron chi connectivity index (χ4n) is 2.76. The first-order chi connectivity index (χ1) is 13.8. The van der Waals surface area contributed by atoms with E-state index in [2.05, 4.69) is 20.7 Å². The predicted molar refractivity (Wildman–Crippen MR) is 114 cm³/mol. The summed E-state index contributed by atoms with van der Waals surface area (Å²) in [4.78, 5) is 28.4. The first-order valence-electron chi connectivity index (χ1n) is 8.90. The number of nitrogens with zero attached hydrogens (tertiary/aromatic N) is 3. The van der Waals surface area contributed by atoms with Gasteiger partial charge >= 0.3 is 0 Å². The summed E-state index contributed by atoms with van der Waals surface area (Å²) in [6.07, 6.45) is 0.527. The number of halogens is 2. The molecule has 1 heterocycles. The van der Waals surface area contributed by atoms with Gasteiger partial charge in [-0.1, -0.05) is 42.3 Å². The van der Waals surface area contributed by atoms with Gasteiger partial charge in [0.1, 0.15) is 11.5 Å². The fraction of sp³-hybridized carbons (Fsp3) is 0.200. The lowest BCUT2D eigenvalue weighted by molar-refractivity contribution is -0.114. The number of rotatable bonds is 5. The van der Waals surface area contributed by atoms with E-state index in [1.165, 1.54) is 11.6 Å². The Balaban J connectivity index is 1.93. The molecule has 2 amide bonds. The Hall–Kier alpha value is -2.90. The molecule has 7 nitrogen and oxygen atoms in total. The monoisotopic (exact) mass is 431 g/mol. The van der Waals surface area contributed by atoms with E-state index in [1.807, 2.05) is 13.8 Å². The van der Waals surface area contributed by atoms with Crippen LogP contribution in [0.5, 0.6) is 0 Å². The van der Waals surface area contributed by atoms with Crippen LogP contribution < -0.4 is 10.6 Å². The second-order valence-electron chi connectivity index (χ2n) is 6.35. The van der Waals surface area contributed by atoms with Crippen LogP contribution in [-0.4, -0.2) is 26.6 Å². The number of aromatic nitrogens is 3. The molecule has 2 N–H and O–H groups in total. The highest BCUT2D eigenvalue weighted by atomic mass is 35.5. The molecule has 9 heteroatoms. The number of carbonyl (C=O) groups excluding carboxylic acids is 2. The number of nitrogens with one attached hydrogen (secondary N) is 2. The molecule has 150 valence electrons. The van der Waals surface area contributed by atoms with Crippen LogP contribution in [0.2, 0.25) is 10.0 Å².